The van der Waals surface area contributed by atoms with E-state index < -0.39 is 10.0 Å². The summed E-state index contributed by atoms with van der Waals surface area (Å²) in [5.74, 6) is 0. The van der Waals surface area contributed by atoms with E-state index in [2.05, 4.69) is 25.8 Å². The van der Waals surface area contributed by atoms with E-state index in [1.807, 2.05) is 12.1 Å². The fourth-order valence-corrected chi connectivity index (χ4v) is 4.19. The molecule has 0 amide bonds. The van der Waals surface area contributed by atoms with Gasteiger partial charge in [-0.15, -0.1) is 0 Å². The van der Waals surface area contributed by atoms with E-state index in [0.717, 1.165) is 10.9 Å². The number of pyridine rings is 1. The molecule has 1 saturated heterocycles. The van der Waals surface area contributed by atoms with E-state index in [0.29, 0.717) is 24.6 Å². The van der Waals surface area contributed by atoms with E-state index in [1.165, 1.54) is 4.31 Å². The Balaban J connectivity index is 1.93. The summed E-state index contributed by atoms with van der Waals surface area (Å²) < 4.78 is 33.2. The highest BCUT2D eigenvalue weighted by molar-refractivity contribution is 7.89. The molecule has 5 nitrogen and oxygen atoms in total. The molecule has 1 aliphatic heterocycles. The molecule has 1 fully saturated rings. The molecular weight excluding hydrogens is 312 g/mol. The van der Waals surface area contributed by atoms with Crippen LogP contribution in [0.15, 0.2) is 41.4 Å². The van der Waals surface area contributed by atoms with Crippen molar-refractivity contribution >= 4 is 20.9 Å². The maximum absolute atomic E-state index is 13.0. The fraction of sp³-hybridized carbons (Fsp3) is 0.471. The van der Waals surface area contributed by atoms with Crippen LogP contribution in [0.5, 0.6) is 0 Å². The van der Waals surface area contributed by atoms with Crippen molar-refractivity contribution in [3.8, 4) is 0 Å². The molecule has 0 radical (unpaired) electrons. The Morgan fingerprint density at radius 1 is 1.26 bits per heavy atom. The molecular formula is C17H22N2O3S. The van der Waals surface area contributed by atoms with Crippen LogP contribution in [0.4, 0.5) is 0 Å². The number of sulfonamides is 1. The van der Waals surface area contributed by atoms with Gasteiger partial charge in [-0.1, -0.05) is 26.8 Å². The van der Waals surface area contributed by atoms with Crippen molar-refractivity contribution in [1.29, 1.82) is 0 Å². The number of morpholine rings is 1. The monoisotopic (exact) mass is 334 g/mol. The molecule has 0 saturated carbocycles. The lowest BCUT2D eigenvalue weighted by atomic mass is 9.88. The van der Waals surface area contributed by atoms with E-state index in [9.17, 15) is 8.42 Å². The third-order valence-electron chi connectivity index (χ3n) is 4.21. The smallest absolute Gasteiger partial charge is 0.243 e. The van der Waals surface area contributed by atoms with E-state index >= 15 is 0 Å². The lowest BCUT2D eigenvalue weighted by molar-refractivity contribution is -0.0591. The third-order valence-corrected chi connectivity index (χ3v) is 6.07. The first-order valence-electron chi connectivity index (χ1n) is 7.75. The van der Waals surface area contributed by atoms with Crippen molar-refractivity contribution in [2.75, 3.05) is 19.7 Å². The summed E-state index contributed by atoms with van der Waals surface area (Å²) in [6.07, 6.45) is 1.60. The molecule has 0 bridgehead atoms. The highest BCUT2D eigenvalue weighted by Gasteiger charge is 2.36. The first-order valence-corrected chi connectivity index (χ1v) is 9.19. The third kappa shape index (κ3) is 3.24. The standard InChI is InChI=1S/C17H22N2O3S/c1-17(2,3)16-12-19(9-10-22-16)23(20,21)14-6-7-15-13(11-14)5-4-8-18-15/h4-8,11,16H,9-10,12H2,1-3H3. The second-order valence-corrected chi connectivity index (χ2v) is 8.88. The highest BCUT2D eigenvalue weighted by Crippen LogP contribution is 2.28. The Bertz CT molecular complexity index is 812. The summed E-state index contributed by atoms with van der Waals surface area (Å²) in [5.41, 5.74) is 0.697. The molecule has 3 rings (SSSR count). The Kier molecular flexibility index (Phi) is 4.16. The summed E-state index contributed by atoms with van der Waals surface area (Å²) in [6.45, 7) is 7.40. The van der Waals surface area contributed by atoms with Crippen LogP contribution in [0, 0.1) is 5.41 Å². The largest absolute Gasteiger partial charge is 0.375 e. The molecule has 2 heterocycles. The van der Waals surface area contributed by atoms with Gasteiger partial charge in [0.2, 0.25) is 10.0 Å². The lowest BCUT2D eigenvalue weighted by Crippen LogP contribution is -2.49. The minimum atomic E-state index is -3.52. The average molecular weight is 334 g/mol. The minimum absolute atomic E-state index is 0.0957. The Labute approximate surface area is 137 Å². The average Bonchev–Trinajstić information content (AvgIpc) is 2.53. The second kappa shape index (κ2) is 5.85. The van der Waals surface area contributed by atoms with E-state index in [1.54, 1.807) is 24.4 Å². The molecule has 1 atom stereocenters. The predicted molar refractivity (Wildman–Crippen MR) is 89.7 cm³/mol. The Hall–Kier alpha value is -1.50. The highest BCUT2D eigenvalue weighted by atomic mass is 32.2. The quantitative estimate of drug-likeness (QED) is 0.847. The van der Waals surface area contributed by atoms with Crippen LogP contribution >= 0.6 is 0 Å². The summed E-state index contributed by atoms with van der Waals surface area (Å²) in [4.78, 5) is 4.55. The van der Waals surface area contributed by atoms with Gasteiger partial charge in [-0.2, -0.15) is 4.31 Å². The van der Waals surface area contributed by atoms with Crippen molar-refractivity contribution in [1.82, 2.24) is 9.29 Å². The van der Waals surface area contributed by atoms with Crippen molar-refractivity contribution < 1.29 is 13.2 Å². The van der Waals surface area contributed by atoms with Gasteiger partial charge in [-0.3, -0.25) is 4.98 Å². The number of benzene rings is 1. The molecule has 0 N–H and O–H groups in total. The van der Waals surface area contributed by atoms with Crippen LogP contribution in [0.3, 0.4) is 0 Å². The van der Waals surface area contributed by atoms with Gasteiger partial charge in [0.05, 0.1) is 23.1 Å². The van der Waals surface area contributed by atoms with Crippen molar-refractivity contribution in [3.05, 3.63) is 36.5 Å². The molecule has 1 aromatic heterocycles. The number of rotatable bonds is 2. The summed E-state index contributed by atoms with van der Waals surface area (Å²) >= 11 is 0. The fourth-order valence-electron chi connectivity index (χ4n) is 2.73. The summed E-state index contributed by atoms with van der Waals surface area (Å²) in [6, 6.07) is 8.76. The molecule has 0 spiro atoms. The van der Waals surface area contributed by atoms with Gasteiger partial charge in [0.25, 0.3) is 0 Å². The van der Waals surface area contributed by atoms with Crippen LogP contribution < -0.4 is 0 Å². The van der Waals surface area contributed by atoms with E-state index in [4.69, 9.17) is 4.74 Å². The molecule has 1 aromatic carbocycles. The second-order valence-electron chi connectivity index (χ2n) is 6.95. The van der Waals surface area contributed by atoms with Gasteiger partial charge in [-0.25, -0.2) is 8.42 Å². The van der Waals surface area contributed by atoms with Crippen LogP contribution in [-0.2, 0) is 14.8 Å². The maximum atomic E-state index is 13.0. The van der Waals surface area contributed by atoms with Gasteiger partial charge < -0.3 is 4.74 Å². The number of hydrogen-bond donors (Lipinski definition) is 0. The Morgan fingerprint density at radius 2 is 2.04 bits per heavy atom. The van der Waals surface area contributed by atoms with Crippen LogP contribution in [-0.4, -0.2) is 43.5 Å². The van der Waals surface area contributed by atoms with Gasteiger partial charge in [0.15, 0.2) is 0 Å². The zero-order valence-corrected chi connectivity index (χ0v) is 14.5. The van der Waals surface area contributed by atoms with Crippen molar-refractivity contribution in [2.45, 2.75) is 31.8 Å². The topological polar surface area (TPSA) is 59.5 Å². The number of aromatic nitrogens is 1. The minimum Gasteiger partial charge on any atom is -0.375 e. The molecule has 0 aliphatic carbocycles. The number of nitrogens with zero attached hydrogens (tertiary/aromatic N) is 2. The van der Waals surface area contributed by atoms with Crippen LogP contribution in [0.1, 0.15) is 20.8 Å². The van der Waals surface area contributed by atoms with Gasteiger partial charge in [0.1, 0.15) is 0 Å². The maximum Gasteiger partial charge on any atom is 0.243 e. The van der Waals surface area contributed by atoms with Crippen LogP contribution in [0.2, 0.25) is 0 Å². The zero-order chi connectivity index (χ0) is 16.7. The molecule has 2 aromatic rings. The number of ether oxygens (including phenoxy) is 1. The first-order chi connectivity index (χ1) is 10.8. The SMILES string of the molecule is CC(C)(C)C1CN(S(=O)(=O)c2ccc3ncccc3c2)CCO1. The number of hydrogen-bond acceptors (Lipinski definition) is 4. The van der Waals surface area contributed by atoms with Gasteiger partial charge >= 0.3 is 0 Å². The van der Waals surface area contributed by atoms with E-state index in [-0.39, 0.29) is 11.5 Å². The van der Waals surface area contributed by atoms with Crippen molar-refractivity contribution in [2.24, 2.45) is 5.41 Å². The molecule has 124 valence electrons. The number of fused-ring (bicyclic) bond motifs is 1. The zero-order valence-electron chi connectivity index (χ0n) is 13.7. The normalized spacial score (nSPS) is 20.7. The Morgan fingerprint density at radius 3 is 2.78 bits per heavy atom. The molecule has 1 unspecified atom stereocenters. The summed E-state index contributed by atoms with van der Waals surface area (Å²) in [7, 11) is -3.52. The predicted octanol–water partition coefficient (Wildman–Crippen LogP) is 2.67. The molecule has 23 heavy (non-hydrogen) atoms. The molecule has 1 aliphatic rings. The van der Waals surface area contributed by atoms with Gasteiger partial charge in [0, 0.05) is 24.7 Å². The van der Waals surface area contributed by atoms with Crippen LogP contribution in [0.25, 0.3) is 10.9 Å². The van der Waals surface area contributed by atoms with Crippen molar-refractivity contribution in [3.63, 3.8) is 0 Å². The molecule has 6 heteroatoms. The van der Waals surface area contributed by atoms with Gasteiger partial charge in [-0.05, 0) is 29.7 Å². The summed E-state index contributed by atoms with van der Waals surface area (Å²) in [5, 5.41) is 0.828. The first kappa shape index (κ1) is 16.4. The lowest BCUT2D eigenvalue weighted by Gasteiger charge is -2.38.